The molecule has 2 atom stereocenters. The number of nitrogens with zero attached hydrogens (tertiary/aromatic N) is 2. The van der Waals surface area contributed by atoms with Gasteiger partial charge in [-0.1, -0.05) is 18.2 Å². The normalized spacial score (nSPS) is 18.7. The number of rotatable bonds is 7. The number of β-amino-alcohol motifs (C(OH)–C–C–N with tert-alkyl or cyclic N) is 1. The summed E-state index contributed by atoms with van der Waals surface area (Å²) in [5.74, 6) is 0. The van der Waals surface area contributed by atoms with Crippen molar-refractivity contribution in [3.63, 3.8) is 0 Å². The highest BCUT2D eigenvalue weighted by atomic mass is 16.3. The highest BCUT2D eigenvalue weighted by Gasteiger charge is 2.17. The van der Waals surface area contributed by atoms with Gasteiger partial charge in [-0.3, -0.25) is 0 Å². The molecule has 0 bridgehead atoms. The molecular formula is C17H29N3O. The molecule has 118 valence electrons. The Morgan fingerprint density at radius 3 is 2.57 bits per heavy atom. The van der Waals surface area contributed by atoms with Gasteiger partial charge in [-0.05, 0) is 44.5 Å². The molecule has 1 aliphatic heterocycles. The Balaban J connectivity index is 1.85. The molecule has 2 N–H and O–H groups in total. The lowest BCUT2D eigenvalue weighted by molar-refractivity contribution is 0.121. The molecule has 0 amide bonds. The third-order valence-electron chi connectivity index (χ3n) is 4.21. The van der Waals surface area contributed by atoms with E-state index < -0.39 is 0 Å². The summed E-state index contributed by atoms with van der Waals surface area (Å²) in [6.45, 7) is 5.85. The van der Waals surface area contributed by atoms with E-state index in [2.05, 4.69) is 60.4 Å². The van der Waals surface area contributed by atoms with Crippen molar-refractivity contribution >= 4 is 5.69 Å². The van der Waals surface area contributed by atoms with Crippen molar-refractivity contribution in [2.75, 3.05) is 45.2 Å². The van der Waals surface area contributed by atoms with Gasteiger partial charge >= 0.3 is 0 Å². The fraction of sp³-hybridized carbons (Fsp3) is 0.647. The average Bonchev–Trinajstić information content (AvgIpc) is 2.97. The molecule has 1 fully saturated rings. The SMILES string of the molecule is CC(NCC(O)CN1CCCC1)c1ccccc1N(C)C. The molecule has 21 heavy (non-hydrogen) atoms. The van der Waals surface area contributed by atoms with Crippen LogP contribution in [-0.4, -0.2) is 56.4 Å². The number of hydrogen-bond donors (Lipinski definition) is 2. The monoisotopic (exact) mass is 291 g/mol. The Labute approximate surface area is 128 Å². The number of likely N-dealkylation sites (tertiary alicyclic amines) is 1. The van der Waals surface area contributed by atoms with Gasteiger partial charge in [0.25, 0.3) is 0 Å². The molecule has 4 heteroatoms. The Morgan fingerprint density at radius 1 is 1.24 bits per heavy atom. The van der Waals surface area contributed by atoms with Crippen molar-refractivity contribution in [3.8, 4) is 0 Å². The molecule has 2 rings (SSSR count). The second-order valence-electron chi connectivity index (χ2n) is 6.24. The van der Waals surface area contributed by atoms with E-state index in [-0.39, 0.29) is 12.1 Å². The summed E-state index contributed by atoms with van der Waals surface area (Å²) < 4.78 is 0. The van der Waals surface area contributed by atoms with Crippen LogP contribution in [0, 0.1) is 0 Å². The van der Waals surface area contributed by atoms with E-state index in [4.69, 9.17) is 0 Å². The van der Waals surface area contributed by atoms with E-state index >= 15 is 0 Å². The second-order valence-corrected chi connectivity index (χ2v) is 6.24. The zero-order chi connectivity index (χ0) is 15.2. The molecule has 0 spiro atoms. The van der Waals surface area contributed by atoms with E-state index in [0.29, 0.717) is 6.54 Å². The highest BCUT2D eigenvalue weighted by Crippen LogP contribution is 2.24. The van der Waals surface area contributed by atoms with Gasteiger partial charge in [0.15, 0.2) is 0 Å². The van der Waals surface area contributed by atoms with Gasteiger partial charge in [-0.2, -0.15) is 0 Å². The molecule has 1 aromatic rings. The number of benzene rings is 1. The van der Waals surface area contributed by atoms with Gasteiger partial charge in [0.2, 0.25) is 0 Å². The Hall–Kier alpha value is -1.10. The largest absolute Gasteiger partial charge is 0.390 e. The number of aliphatic hydroxyl groups is 1. The number of para-hydroxylation sites is 1. The van der Waals surface area contributed by atoms with E-state index in [1.54, 1.807) is 0 Å². The summed E-state index contributed by atoms with van der Waals surface area (Å²) in [7, 11) is 4.13. The lowest BCUT2D eigenvalue weighted by Crippen LogP contribution is -2.38. The number of aliphatic hydroxyl groups excluding tert-OH is 1. The first kappa shape index (κ1) is 16.3. The van der Waals surface area contributed by atoms with Crippen LogP contribution >= 0.6 is 0 Å². The zero-order valence-corrected chi connectivity index (χ0v) is 13.5. The maximum Gasteiger partial charge on any atom is 0.0791 e. The summed E-state index contributed by atoms with van der Waals surface area (Å²) in [5.41, 5.74) is 2.50. The van der Waals surface area contributed by atoms with Crippen LogP contribution in [-0.2, 0) is 0 Å². The van der Waals surface area contributed by atoms with Crippen molar-refractivity contribution in [2.45, 2.75) is 31.9 Å². The van der Waals surface area contributed by atoms with Crippen LogP contribution in [0.25, 0.3) is 0 Å². The smallest absolute Gasteiger partial charge is 0.0791 e. The van der Waals surface area contributed by atoms with E-state index in [9.17, 15) is 5.11 Å². The Morgan fingerprint density at radius 2 is 1.90 bits per heavy atom. The van der Waals surface area contributed by atoms with Gasteiger partial charge in [0.1, 0.15) is 0 Å². The predicted octanol–water partition coefficient (Wildman–Crippen LogP) is 1.86. The van der Waals surface area contributed by atoms with Crippen LogP contribution < -0.4 is 10.2 Å². The molecule has 1 saturated heterocycles. The molecule has 0 radical (unpaired) electrons. The summed E-state index contributed by atoms with van der Waals surface area (Å²) in [4.78, 5) is 4.49. The first-order valence-corrected chi connectivity index (χ1v) is 7.98. The van der Waals surface area contributed by atoms with Crippen molar-refractivity contribution in [2.24, 2.45) is 0 Å². The van der Waals surface area contributed by atoms with E-state index in [1.165, 1.54) is 24.1 Å². The fourth-order valence-corrected chi connectivity index (χ4v) is 3.01. The van der Waals surface area contributed by atoms with Crippen LogP contribution in [0.1, 0.15) is 31.4 Å². The Bertz CT molecular complexity index is 430. The van der Waals surface area contributed by atoms with Gasteiger partial charge in [-0.25, -0.2) is 0 Å². The molecule has 0 saturated carbocycles. The Kier molecular flexibility index (Phi) is 6.03. The van der Waals surface area contributed by atoms with Crippen LogP contribution in [0.15, 0.2) is 24.3 Å². The fourth-order valence-electron chi connectivity index (χ4n) is 3.01. The third-order valence-corrected chi connectivity index (χ3v) is 4.21. The molecule has 1 heterocycles. The van der Waals surface area contributed by atoms with Crippen molar-refractivity contribution in [1.29, 1.82) is 0 Å². The highest BCUT2D eigenvalue weighted by molar-refractivity contribution is 5.53. The first-order chi connectivity index (χ1) is 10.1. The standard InChI is InChI=1S/C17H29N3O/c1-14(16-8-4-5-9-17(16)19(2)3)18-12-15(21)13-20-10-6-7-11-20/h4-5,8-9,14-15,18,21H,6-7,10-13H2,1-3H3. The molecule has 0 aromatic heterocycles. The summed E-state index contributed by atoms with van der Waals surface area (Å²) in [5, 5.41) is 13.6. The average molecular weight is 291 g/mol. The summed E-state index contributed by atoms with van der Waals surface area (Å²) in [6, 6.07) is 8.65. The van der Waals surface area contributed by atoms with Crippen LogP contribution in [0.4, 0.5) is 5.69 Å². The second kappa shape index (κ2) is 7.78. The number of hydrogen-bond acceptors (Lipinski definition) is 4. The molecule has 1 aliphatic rings. The van der Waals surface area contributed by atoms with Gasteiger partial charge in [0, 0.05) is 38.9 Å². The van der Waals surface area contributed by atoms with Crippen molar-refractivity contribution < 1.29 is 5.11 Å². The topological polar surface area (TPSA) is 38.7 Å². The maximum atomic E-state index is 10.2. The molecule has 2 unspecified atom stereocenters. The molecule has 0 aliphatic carbocycles. The molecule has 1 aromatic carbocycles. The van der Waals surface area contributed by atoms with Gasteiger partial charge < -0.3 is 20.2 Å². The first-order valence-electron chi connectivity index (χ1n) is 7.98. The quantitative estimate of drug-likeness (QED) is 0.804. The maximum absolute atomic E-state index is 10.2. The lowest BCUT2D eigenvalue weighted by atomic mass is 10.1. The van der Waals surface area contributed by atoms with Crippen LogP contribution in [0.3, 0.4) is 0 Å². The van der Waals surface area contributed by atoms with Crippen molar-refractivity contribution in [1.82, 2.24) is 10.2 Å². The molecular weight excluding hydrogens is 262 g/mol. The van der Waals surface area contributed by atoms with Gasteiger partial charge in [0.05, 0.1) is 6.10 Å². The number of anilines is 1. The van der Waals surface area contributed by atoms with E-state index in [1.807, 2.05) is 0 Å². The summed E-state index contributed by atoms with van der Waals surface area (Å²) >= 11 is 0. The minimum Gasteiger partial charge on any atom is -0.390 e. The minimum absolute atomic E-state index is 0.233. The van der Waals surface area contributed by atoms with Gasteiger partial charge in [-0.15, -0.1) is 0 Å². The summed E-state index contributed by atoms with van der Waals surface area (Å²) in [6.07, 6.45) is 2.25. The lowest BCUT2D eigenvalue weighted by Gasteiger charge is -2.24. The van der Waals surface area contributed by atoms with Crippen LogP contribution in [0.5, 0.6) is 0 Å². The zero-order valence-electron chi connectivity index (χ0n) is 13.5. The predicted molar refractivity (Wildman–Crippen MR) is 88.9 cm³/mol. The third kappa shape index (κ3) is 4.70. The van der Waals surface area contributed by atoms with Crippen LogP contribution in [0.2, 0.25) is 0 Å². The number of nitrogens with one attached hydrogen (secondary N) is 1. The van der Waals surface area contributed by atoms with Crippen molar-refractivity contribution in [3.05, 3.63) is 29.8 Å². The molecule has 4 nitrogen and oxygen atoms in total. The minimum atomic E-state index is -0.294. The van der Waals surface area contributed by atoms with E-state index in [0.717, 1.165) is 19.6 Å².